The summed E-state index contributed by atoms with van der Waals surface area (Å²) in [5.41, 5.74) is 5.17. The molecule has 3 rings (SSSR count). The predicted octanol–water partition coefficient (Wildman–Crippen LogP) is 3.78. The van der Waals surface area contributed by atoms with Gasteiger partial charge in [-0.3, -0.25) is 4.79 Å². The standard InChI is InChI=1S/C19H20N2O2/c1-14(16-11-12-16)20-21-19(22)17-9-5-6-10-18(17)23-13-15-7-3-2-4-8-15/h2-10,16H,11-13H2,1H3,(H,21,22). The van der Waals surface area contributed by atoms with Crippen LogP contribution in [0.15, 0.2) is 59.7 Å². The van der Waals surface area contributed by atoms with Gasteiger partial charge in [-0.15, -0.1) is 0 Å². The highest BCUT2D eigenvalue weighted by Crippen LogP contribution is 2.30. The number of rotatable bonds is 6. The molecule has 0 saturated heterocycles. The molecule has 1 aliphatic rings. The summed E-state index contributed by atoms with van der Waals surface area (Å²) in [4.78, 5) is 12.3. The first kappa shape index (κ1) is 15.3. The maximum Gasteiger partial charge on any atom is 0.275 e. The van der Waals surface area contributed by atoms with Gasteiger partial charge < -0.3 is 4.74 Å². The van der Waals surface area contributed by atoms with Crippen molar-refractivity contribution in [1.82, 2.24) is 5.43 Å². The number of para-hydroxylation sites is 1. The molecule has 0 aliphatic heterocycles. The molecule has 0 heterocycles. The lowest BCUT2D eigenvalue weighted by Gasteiger charge is -2.10. The van der Waals surface area contributed by atoms with Gasteiger partial charge in [0.1, 0.15) is 12.4 Å². The summed E-state index contributed by atoms with van der Waals surface area (Å²) in [6.07, 6.45) is 2.34. The molecule has 2 aromatic rings. The second-order valence-corrected chi connectivity index (χ2v) is 5.74. The van der Waals surface area contributed by atoms with Crippen molar-refractivity contribution in [3.05, 3.63) is 65.7 Å². The normalized spacial score (nSPS) is 14.4. The zero-order valence-corrected chi connectivity index (χ0v) is 13.2. The summed E-state index contributed by atoms with van der Waals surface area (Å²) in [5.74, 6) is 0.863. The number of carbonyl (C=O) groups excluding carboxylic acids is 1. The van der Waals surface area contributed by atoms with Gasteiger partial charge in [0.25, 0.3) is 5.91 Å². The first-order valence-electron chi connectivity index (χ1n) is 7.84. The Morgan fingerprint density at radius 2 is 1.83 bits per heavy atom. The molecule has 23 heavy (non-hydrogen) atoms. The number of hydrogen-bond donors (Lipinski definition) is 1. The Hall–Kier alpha value is -2.62. The van der Waals surface area contributed by atoms with Crippen LogP contribution < -0.4 is 10.2 Å². The highest BCUT2D eigenvalue weighted by Gasteiger charge is 2.24. The fourth-order valence-corrected chi connectivity index (χ4v) is 2.31. The third-order valence-corrected chi connectivity index (χ3v) is 3.87. The van der Waals surface area contributed by atoms with E-state index in [9.17, 15) is 4.79 Å². The van der Waals surface area contributed by atoms with Crippen LogP contribution in [0.4, 0.5) is 0 Å². The summed E-state index contributed by atoms with van der Waals surface area (Å²) in [6.45, 7) is 2.38. The molecular weight excluding hydrogens is 288 g/mol. The third-order valence-electron chi connectivity index (χ3n) is 3.87. The van der Waals surface area contributed by atoms with E-state index in [4.69, 9.17) is 4.74 Å². The minimum absolute atomic E-state index is 0.242. The Morgan fingerprint density at radius 3 is 2.57 bits per heavy atom. The van der Waals surface area contributed by atoms with Gasteiger partial charge in [0.15, 0.2) is 0 Å². The maximum atomic E-state index is 12.3. The van der Waals surface area contributed by atoms with Crippen LogP contribution in [0.2, 0.25) is 0 Å². The molecule has 0 aromatic heterocycles. The summed E-state index contributed by atoms with van der Waals surface area (Å²) in [7, 11) is 0. The minimum Gasteiger partial charge on any atom is -0.488 e. The molecule has 1 N–H and O–H groups in total. The number of amides is 1. The topological polar surface area (TPSA) is 50.7 Å². The number of hydrazone groups is 1. The summed E-state index contributed by atoms with van der Waals surface area (Å²) >= 11 is 0. The van der Waals surface area contributed by atoms with Gasteiger partial charge in [-0.25, -0.2) is 5.43 Å². The van der Waals surface area contributed by atoms with Crippen molar-refractivity contribution in [2.45, 2.75) is 26.4 Å². The molecule has 1 aliphatic carbocycles. The molecule has 118 valence electrons. The highest BCUT2D eigenvalue weighted by molar-refractivity contribution is 5.98. The van der Waals surface area contributed by atoms with E-state index >= 15 is 0 Å². The van der Waals surface area contributed by atoms with E-state index in [2.05, 4.69) is 10.5 Å². The molecule has 0 spiro atoms. The van der Waals surface area contributed by atoms with Gasteiger partial charge >= 0.3 is 0 Å². The van der Waals surface area contributed by atoms with Crippen molar-refractivity contribution >= 4 is 11.6 Å². The lowest BCUT2D eigenvalue weighted by molar-refractivity contribution is 0.0950. The molecule has 0 atom stereocenters. The van der Waals surface area contributed by atoms with E-state index in [1.807, 2.05) is 49.4 Å². The highest BCUT2D eigenvalue weighted by atomic mass is 16.5. The lowest BCUT2D eigenvalue weighted by atomic mass is 10.2. The van der Waals surface area contributed by atoms with Crippen molar-refractivity contribution in [1.29, 1.82) is 0 Å². The van der Waals surface area contributed by atoms with Crippen LogP contribution in [0, 0.1) is 5.92 Å². The van der Waals surface area contributed by atoms with Crippen LogP contribution in [0.5, 0.6) is 5.75 Å². The van der Waals surface area contributed by atoms with Crippen LogP contribution in [0.25, 0.3) is 0 Å². The van der Waals surface area contributed by atoms with Crippen LogP contribution in [0.3, 0.4) is 0 Å². The Morgan fingerprint density at radius 1 is 1.13 bits per heavy atom. The van der Waals surface area contributed by atoms with Crippen molar-refractivity contribution in [2.24, 2.45) is 11.0 Å². The molecule has 2 aromatic carbocycles. The average molecular weight is 308 g/mol. The van der Waals surface area contributed by atoms with E-state index in [1.165, 1.54) is 12.8 Å². The van der Waals surface area contributed by atoms with Crippen LogP contribution in [0.1, 0.15) is 35.7 Å². The Labute approximate surface area is 136 Å². The SMILES string of the molecule is CC(=NNC(=O)c1ccccc1OCc1ccccc1)C1CC1. The molecule has 1 amide bonds. The average Bonchev–Trinajstić information content (AvgIpc) is 3.44. The number of benzene rings is 2. The van der Waals surface area contributed by atoms with Crippen LogP contribution >= 0.6 is 0 Å². The van der Waals surface area contributed by atoms with E-state index in [1.54, 1.807) is 12.1 Å². The van der Waals surface area contributed by atoms with Crippen LogP contribution in [-0.2, 0) is 6.61 Å². The lowest BCUT2D eigenvalue weighted by Crippen LogP contribution is -2.20. The van der Waals surface area contributed by atoms with Crippen molar-refractivity contribution in [3.63, 3.8) is 0 Å². The number of nitrogens with one attached hydrogen (secondary N) is 1. The smallest absolute Gasteiger partial charge is 0.275 e. The fourth-order valence-electron chi connectivity index (χ4n) is 2.31. The predicted molar refractivity (Wildman–Crippen MR) is 90.5 cm³/mol. The van der Waals surface area contributed by atoms with Gasteiger partial charge in [-0.2, -0.15) is 5.10 Å². The largest absolute Gasteiger partial charge is 0.488 e. The Bertz CT molecular complexity index is 706. The first-order chi connectivity index (χ1) is 11.2. The molecule has 1 fully saturated rings. The molecule has 4 nitrogen and oxygen atoms in total. The van der Waals surface area contributed by atoms with Gasteiger partial charge in [-0.1, -0.05) is 42.5 Å². The molecule has 0 unspecified atom stereocenters. The fraction of sp³-hybridized carbons (Fsp3) is 0.263. The number of ether oxygens (including phenoxy) is 1. The van der Waals surface area contributed by atoms with Gasteiger partial charge in [-0.05, 0) is 43.4 Å². The molecule has 1 saturated carbocycles. The summed E-state index contributed by atoms with van der Waals surface area (Å²) < 4.78 is 5.80. The second-order valence-electron chi connectivity index (χ2n) is 5.74. The first-order valence-corrected chi connectivity index (χ1v) is 7.84. The quantitative estimate of drug-likeness (QED) is 0.652. The van der Waals surface area contributed by atoms with Gasteiger partial charge in [0.2, 0.25) is 0 Å². The van der Waals surface area contributed by atoms with Crippen molar-refractivity contribution in [2.75, 3.05) is 0 Å². The Kier molecular flexibility index (Phi) is 4.71. The van der Waals surface area contributed by atoms with E-state index in [-0.39, 0.29) is 5.91 Å². The van der Waals surface area contributed by atoms with Crippen molar-refractivity contribution < 1.29 is 9.53 Å². The van der Waals surface area contributed by atoms with Crippen LogP contribution in [-0.4, -0.2) is 11.6 Å². The zero-order chi connectivity index (χ0) is 16.1. The molecular formula is C19H20N2O2. The number of nitrogens with zero attached hydrogens (tertiary/aromatic N) is 1. The van der Waals surface area contributed by atoms with E-state index in [0.717, 1.165) is 11.3 Å². The van der Waals surface area contributed by atoms with E-state index < -0.39 is 0 Å². The number of carbonyl (C=O) groups is 1. The molecule has 4 heteroatoms. The summed E-state index contributed by atoms with van der Waals surface area (Å²) in [5, 5.41) is 4.18. The van der Waals surface area contributed by atoms with Crippen molar-refractivity contribution in [3.8, 4) is 5.75 Å². The maximum absolute atomic E-state index is 12.3. The zero-order valence-electron chi connectivity index (χ0n) is 13.2. The van der Waals surface area contributed by atoms with E-state index in [0.29, 0.717) is 23.8 Å². The monoisotopic (exact) mass is 308 g/mol. The van der Waals surface area contributed by atoms with Gasteiger partial charge in [0.05, 0.1) is 5.56 Å². The third kappa shape index (κ3) is 4.19. The second kappa shape index (κ2) is 7.09. The molecule has 0 radical (unpaired) electrons. The molecule has 0 bridgehead atoms. The van der Waals surface area contributed by atoms with Gasteiger partial charge in [0, 0.05) is 5.71 Å². The Balaban J connectivity index is 1.67. The number of hydrogen-bond acceptors (Lipinski definition) is 3. The summed E-state index contributed by atoms with van der Waals surface area (Å²) in [6, 6.07) is 17.1. The minimum atomic E-state index is -0.242.